The Balaban J connectivity index is 1.51. The van der Waals surface area contributed by atoms with Crippen molar-refractivity contribution in [3.63, 3.8) is 0 Å². The minimum atomic E-state index is 0.0287. The quantitative estimate of drug-likeness (QED) is 0.557. The molecule has 1 aliphatic heterocycles. The lowest BCUT2D eigenvalue weighted by atomic mass is 10.0. The first-order valence-corrected chi connectivity index (χ1v) is 11.9. The van der Waals surface area contributed by atoms with Gasteiger partial charge in [0.15, 0.2) is 11.5 Å². The van der Waals surface area contributed by atoms with Crippen LogP contribution in [-0.4, -0.2) is 68.8 Å². The van der Waals surface area contributed by atoms with Crippen molar-refractivity contribution in [3.8, 4) is 6.01 Å². The zero-order chi connectivity index (χ0) is 23.5. The van der Waals surface area contributed by atoms with Crippen LogP contribution in [-0.2, 0) is 6.42 Å². The minimum Gasteiger partial charge on any atom is -0.459 e. The summed E-state index contributed by atoms with van der Waals surface area (Å²) in [6.07, 6.45) is 8.74. The molecular weight excluding hydrogens is 416 g/mol. The zero-order valence-electron chi connectivity index (χ0n) is 20.5. The normalized spacial score (nSPS) is 16.0. The van der Waals surface area contributed by atoms with Crippen molar-refractivity contribution in [2.24, 2.45) is 0 Å². The summed E-state index contributed by atoms with van der Waals surface area (Å²) in [5, 5.41) is 4.56. The number of nitrogens with two attached hydrogens (primary N) is 1. The number of aryl methyl sites for hydroxylation is 1. The van der Waals surface area contributed by atoms with Gasteiger partial charge in [0.2, 0.25) is 0 Å². The molecular formula is C24H36N8O. The van der Waals surface area contributed by atoms with Crippen molar-refractivity contribution in [2.45, 2.75) is 65.0 Å². The summed E-state index contributed by atoms with van der Waals surface area (Å²) in [6, 6.07) is 3.15. The Morgan fingerprint density at radius 2 is 1.97 bits per heavy atom. The van der Waals surface area contributed by atoms with Gasteiger partial charge in [-0.2, -0.15) is 4.98 Å². The smallest absolute Gasteiger partial charge is 0.336 e. The van der Waals surface area contributed by atoms with Crippen LogP contribution in [0, 0.1) is 6.92 Å². The molecule has 0 amide bonds. The van der Waals surface area contributed by atoms with E-state index in [2.05, 4.69) is 58.9 Å². The van der Waals surface area contributed by atoms with E-state index in [1.165, 1.54) is 18.4 Å². The lowest BCUT2D eigenvalue weighted by Crippen LogP contribution is -2.42. The van der Waals surface area contributed by atoms with E-state index < -0.39 is 0 Å². The lowest BCUT2D eigenvalue weighted by Gasteiger charge is -2.36. The van der Waals surface area contributed by atoms with Gasteiger partial charge in [-0.05, 0) is 58.3 Å². The van der Waals surface area contributed by atoms with Crippen LogP contribution in [0.3, 0.4) is 0 Å². The maximum absolute atomic E-state index is 6.13. The van der Waals surface area contributed by atoms with Crippen molar-refractivity contribution in [3.05, 3.63) is 35.3 Å². The maximum Gasteiger partial charge on any atom is 0.336 e. The summed E-state index contributed by atoms with van der Waals surface area (Å²) in [6.45, 7) is 8.36. The number of pyridine rings is 1. The monoisotopic (exact) mass is 452 g/mol. The fourth-order valence-electron chi connectivity index (χ4n) is 4.60. The summed E-state index contributed by atoms with van der Waals surface area (Å²) in [4.78, 5) is 18.3. The Hall–Kier alpha value is -2.94. The Bertz CT molecular complexity index is 1090. The van der Waals surface area contributed by atoms with Crippen LogP contribution >= 0.6 is 0 Å². The van der Waals surface area contributed by atoms with Crippen LogP contribution in [0.2, 0.25) is 0 Å². The second-order valence-electron chi connectivity index (χ2n) is 9.32. The first-order valence-electron chi connectivity index (χ1n) is 11.9. The molecule has 1 saturated heterocycles. The predicted octanol–water partition coefficient (Wildman–Crippen LogP) is 3.10. The van der Waals surface area contributed by atoms with E-state index in [4.69, 9.17) is 15.5 Å². The van der Waals surface area contributed by atoms with Crippen molar-refractivity contribution < 1.29 is 4.74 Å². The molecule has 3 aromatic heterocycles. The number of nitrogen functional groups attached to an aromatic ring is 1. The molecule has 9 heteroatoms. The van der Waals surface area contributed by atoms with E-state index in [1.807, 2.05) is 13.1 Å². The Morgan fingerprint density at radius 3 is 2.64 bits per heavy atom. The van der Waals surface area contributed by atoms with Gasteiger partial charge in [-0.15, -0.1) is 5.10 Å². The molecule has 0 aromatic carbocycles. The highest BCUT2D eigenvalue weighted by Gasteiger charge is 2.22. The van der Waals surface area contributed by atoms with Gasteiger partial charge in [0.25, 0.3) is 0 Å². The third kappa shape index (κ3) is 5.19. The van der Waals surface area contributed by atoms with Crippen LogP contribution in [0.1, 0.15) is 56.4 Å². The molecule has 0 aliphatic carbocycles. The second-order valence-corrected chi connectivity index (χ2v) is 9.32. The molecule has 0 bridgehead atoms. The molecule has 2 N–H and O–H groups in total. The van der Waals surface area contributed by atoms with Gasteiger partial charge in [0.1, 0.15) is 5.82 Å². The molecule has 0 saturated carbocycles. The molecule has 0 spiro atoms. The number of piperidine rings is 1. The van der Waals surface area contributed by atoms with Gasteiger partial charge in [-0.3, -0.25) is 0 Å². The van der Waals surface area contributed by atoms with Gasteiger partial charge >= 0.3 is 6.01 Å². The third-order valence-corrected chi connectivity index (χ3v) is 6.43. The van der Waals surface area contributed by atoms with Crippen molar-refractivity contribution in [2.75, 3.05) is 37.8 Å². The first-order chi connectivity index (χ1) is 15.9. The largest absolute Gasteiger partial charge is 0.459 e. The zero-order valence-corrected chi connectivity index (χ0v) is 20.5. The predicted molar refractivity (Wildman–Crippen MR) is 131 cm³/mol. The van der Waals surface area contributed by atoms with E-state index in [9.17, 15) is 0 Å². The van der Waals surface area contributed by atoms with E-state index in [0.29, 0.717) is 23.9 Å². The number of fused-ring (bicyclic) bond motifs is 1. The first kappa shape index (κ1) is 23.2. The topological polar surface area (TPSA) is 97.7 Å². The Labute approximate surface area is 196 Å². The number of aromatic nitrogens is 5. The van der Waals surface area contributed by atoms with E-state index >= 15 is 0 Å². The van der Waals surface area contributed by atoms with Crippen LogP contribution in [0.15, 0.2) is 18.5 Å². The number of rotatable bonds is 8. The maximum atomic E-state index is 6.13. The van der Waals surface area contributed by atoms with E-state index in [-0.39, 0.29) is 12.1 Å². The highest BCUT2D eigenvalue weighted by Crippen LogP contribution is 2.25. The molecule has 4 heterocycles. The number of imidazole rings is 1. The summed E-state index contributed by atoms with van der Waals surface area (Å²) in [7, 11) is 4.33. The molecule has 3 aromatic rings. The minimum absolute atomic E-state index is 0.0287. The summed E-state index contributed by atoms with van der Waals surface area (Å²) in [5.41, 5.74) is 9.91. The standard InChI is InChI=1S/C24H36N8O/c1-6-7-17(3)33-24-28-21(25)23-27-15-20(32(23)29-24)13-18-12-16(2)22(26-14-18)31-10-8-19(9-11-31)30(4)5/h12,14-15,17,19H,6-11,13H2,1-5H3,(H2,25,28,29)/t17-/m0/s1. The molecule has 178 valence electrons. The Kier molecular flexibility index (Phi) is 6.97. The summed E-state index contributed by atoms with van der Waals surface area (Å²) in [5.74, 6) is 1.40. The lowest BCUT2D eigenvalue weighted by molar-refractivity contribution is 0.189. The van der Waals surface area contributed by atoms with Crippen LogP contribution < -0.4 is 15.4 Å². The fourth-order valence-corrected chi connectivity index (χ4v) is 4.60. The van der Waals surface area contributed by atoms with Crippen molar-refractivity contribution >= 4 is 17.3 Å². The average molecular weight is 453 g/mol. The molecule has 0 radical (unpaired) electrons. The average Bonchev–Trinajstić information content (AvgIpc) is 3.17. The van der Waals surface area contributed by atoms with Crippen LogP contribution in [0.4, 0.5) is 11.6 Å². The molecule has 33 heavy (non-hydrogen) atoms. The molecule has 9 nitrogen and oxygen atoms in total. The van der Waals surface area contributed by atoms with Gasteiger partial charge in [-0.1, -0.05) is 19.4 Å². The van der Waals surface area contributed by atoms with Gasteiger partial charge in [0.05, 0.1) is 18.0 Å². The molecule has 1 fully saturated rings. The van der Waals surface area contributed by atoms with Crippen LogP contribution in [0.25, 0.3) is 5.65 Å². The fraction of sp³-hybridized carbons (Fsp3) is 0.583. The van der Waals surface area contributed by atoms with E-state index in [1.54, 1.807) is 10.7 Å². The van der Waals surface area contributed by atoms with Crippen LogP contribution in [0.5, 0.6) is 6.01 Å². The molecule has 1 aliphatic rings. The third-order valence-electron chi connectivity index (χ3n) is 6.43. The number of hydrogen-bond acceptors (Lipinski definition) is 8. The number of ether oxygens (including phenoxy) is 1. The summed E-state index contributed by atoms with van der Waals surface area (Å²) >= 11 is 0. The molecule has 0 unspecified atom stereocenters. The molecule has 1 atom stereocenters. The highest BCUT2D eigenvalue weighted by atomic mass is 16.5. The van der Waals surface area contributed by atoms with Crippen molar-refractivity contribution in [1.82, 2.24) is 29.5 Å². The van der Waals surface area contributed by atoms with Gasteiger partial charge < -0.3 is 20.3 Å². The Morgan fingerprint density at radius 1 is 1.21 bits per heavy atom. The summed E-state index contributed by atoms with van der Waals surface area (Å²) < 4.78 is 7.61. The number of anilines is 2. The van der Waals surface area contributed by atoms with Gasteiger partial charge in [0, 0.05) is 31.7 Å². The van der Waals surface area contributed by atoms with Crippen molar-refractivity contribution in [1.29, 1.82) is 0 Å². The second kappa shape index (κ2) is 9.91. The SMILES string of the molecule is CCC[C@H](C)Oc1nc(N)c2ncc(Cc3cnc(N4CCC(N(C)C)CC4)c(C)c3)n2n1. The van der Waals surface area contributed by atoms with Gasteiger partial charge in [-0.25, -0.2) is 14.5 Å². The molecule has 4 rings (SSSR count). The number of hydrogen-bond donors (Lipinski definition) is 1. The number of nitrogens with zero attached hydrogens (tertiary/aromatic N) is 7. The highest BCUT2D eigenvalue weighted by molar-refractivity contribution is 5.60. The van der Waals surface area contributed by atoms with E-state index in [0.717, 1.165) is 43.0 Å².